The van der Waals surface area contributed by atoms with Gasteiger partial charge in [0.25, 0.3) is 0 Å². The van der Waals surface area contributed by atoms with Crippen LogP contribution >= 0.6 is 0 Å². The molecule has 0 aliphatic rings. The molecule has 5 heavy (non-hydrogen) atoms. The summed E-state index contributed by atoms with van der Waals surface area (Å²) >= 11 is 0. The molecule has 0 aliphatic heterocycles. The molecule has 0 aromatic heterocycles. The van der Waals surface area contributed by atoms with Gasteiger partial charge < -0.3 is 6.15 Å². The van der Waals surface area contributed by atoms with E-state index in [2.05, 4.69) is 0 Å². The number of hydrogen-bond acceptors (Lipinski definition) is 1. The average molecular weight is 126 g/mol. The molecule has 5 heteroatoms. The van der Waals surface area contributed by atoms with E-state index in [-0.39, 0.29) is 50.9 Å². The molecule has 0 saturated heterocycles. The van der Waals surface area contributed by atoms with Crippen molar-refractivity contribution in [3.8, 4) is 0 Å². The van der Waals surface area contributed by atoms with Gasteiger partial charge in [-0.15, -0.1) is 0 Å². The van der Waals surface area contributed by atoms with Crippen LogP contribution in [0.1, 0.15) is 0 Å². The van der Waals surface area contributed by atoms with Crippen LogP contribution in [0.2, 0.25) is 0 Å². The van der Waals surface area contributed by atoms with Gasteiger partial charge in [-0.2, -0.15) is 0 Å². The maximum Gasteiger partial charge on any atom is 2.00 e. The smallest absolute Gasteiger partial charge is 0.344 e. The predicted molar refractivity (Wildman–Crippen MR) is 37.6 cm³/mol. The third-order valence-corrected chi connectivity index (χ3v) is 0. The molecule has 0 aromatic rings. The number of hydrogen-bond donors (Lipinski definition) is 1. The van der Waals surface area contributed by atoms with Gasteiger partial charge in [0.2, 0.25) is 0 Å². The molecular weight excluding hydrogens is 112 g/mol. The summed E-state index contributed by atoms with van der Waals surface area (Å²) in [5.74, 6) is 0. The summed E-state index contributed by atoms with van der Waals surface area (Å²) in [6.07, 6.45) is 0. The van der Waals surface area contributed by atoms with Crippen LogP contribution < -0.4 is 6.15 Å². The van der Waals surface area contributed by atoms with E-state index in [4.69, 9.17) is 0 Å². The fourth-order valence-electron chi connectivity index (χ4n) is 0. The van der Waals surface area contributed by atoms with Crippen LogP contribution in [0.15, 0.2) is 0 Å². The molecule has 0 aliphatic carbocycles. The minimum atomic E-state index is 0. The summed E-state index contributed by atoms with van der Waals surface area (Å²) in [4.78, 5) is 0. The molecule has 30 valence electrons. The minimum Gasteiger partial charge on any atom is -0.344 e. The fraction of sp³-hybridized carbons (Fsp3) is 0. The maximum atomic E-state index is 0. The average Bonchev–Trinajstić information content (AvgIpc) is 0. The standard InChI is InChI=1S/2BH4.BH3.H3N.Zn/h2*1H4;2*1H3;/q2*-1;;;+2. The third kappa shape index (κ3) is 60.9. The second-order valence-electron chi connectivity index (χ2n) is 0. The van der Waals surface area contributed by atoms with E-state index in [1.54, 1.807) is 0 Å². The summed E-state index contributed by atoms with van der Waals surface area (Å²) in [5, 5.41) is 0. The van der Waals surface area contributed by atoms with Gasteiger partial charge in [0.05, 0.1) is 8.41 Å². The summed E-state index contributed by atoms with van der Waals surface area (Å²) in [7, 11) is 0. The van der Waals surface area contributed by atoms with Gasteiger partial charge in [-0.05, 0) is 0 Å². The van der Waals surface area contributed by atoms with Crippen molar-refractivity contribution in [2.24, 2.45) is 0 Å². The van der Waals surface area contributed by atoms with Crippen LogP contribution in [0.4, 0.5) is 0 Å². The second kappa shape index (κ2) is 113. The van der Waals surface area contributed by atoms with E-state index < -0.39 is 0 Å². The molecule has 3 N–H and O–H groups in total. The molecule has 0 saturated carbocycles. The van der Waals surface area contributed by atoms with Crippen molar-refractivity contribution in [3.05, 3.63) is 0 Å². The van der Waals surface area contributed by atoms with Gasteiger partial charge in [-0.25, -0.2) is 0 Å². The van der Waals surface area contributed by atoms with Gasteiger partial charge in [0, 0.05) is 0 Å². The Labute approximate surface area is 51.4 Å². The molecule has 0 fully saturated rings. The quantitative estimate of drug-likeness (QED) is 0.330. The Morgan fingerprint density at radius 2 is 0.800 bits per heavy atom. The molecule has 0 radical (unpaired) electrons. The van der Waals surface area contributed by atoms with Gasteiger partial charge in [0.1, 0.15) is 0 Å². The zero-order valence-electron chi connectivity index (χ0n) is 1.41. The summed E-state index contributed by atoms with van der Waals surface area (Å²) in [6, 6.07) is 0. The Balaban J connectivity index is 0. The first-order valence-corrected chi connectivity index (χ1v) is 0. The first-order valence-electron chi connectivity index (χ1n) is 0. The van der Waals surface area contributed by atoms with Crippen molar-refractivity contribution in [3.63, 3.8) is 0 Å². The molecule has 0 bridgehead atoms. The van der Waals surface area contributed by atoms with E-state index in [0.717, 1.165) is 0 Å². The van der Waals surface area contributed by atoms with Crippen LogP contribution in [0.3, 0.4) is 0 Å². The first kappa shape index (κ1) is 218. The maximum absolute atomic E-state index is 0. The molecule has 0 aromatic carbocycles. The molecule has 0 heterocycles. The Kier molecular flexibility index (Phi) is 4910. The minimum absolute atomic E-state index is 0. The zero-order chi connectivity index (χ0) is 0. The molecule has 0 unspecified atom stereocenters. The molecule has 1 nitrogen and oxygen atoms in total. The third-order valence-electron chi connectivity index (χ3n) is 0. The SMILES string of the molecule is B.N.[BH4-].[BH4-].[Zn+2]. The van der Waals surface area contributed by atoms with Crippen LogP contribution in [0.5, 0.6) is 0 Å². The van der Waals surface area contributed by atoms with Crippen LogP contribution in [-0.4, -0.2) is 25.2 Å². The summed E-state index contributed by atoms with van der Waals surface area (Å²) in [6.45, 7) is 0. The second-order valence-corrected chi connectivity index (χ2v) is 0. The Hall–Kier alpha value is 0.778. The molecule has 0 atom stereocenters. The zero-order valence-corrected chi connectivity index (χ0v) is 4.38. The summed E-state index contributed by atoms with van der Waals surface area (Å²) < 4.78 is 0. The fourth-order valence-corrected chi connectivity index (χ4v) is 0. The first-order chi connectivity index (χ1) is 0. The van der Waals surface area contributed by atoms with E-state index in [9.17, 15) is 0 Å². The van der Waals surface area contributed by atoms with E-state index >= 15 is 0 Å². The van der Waals surface area contributed by atoms with Crippen LogP contribution in [-0.2, 0) is 19.5 Å². The normalized spacial score (nSPS) is 0. The molecule has 0 rings (SSSR count). The van der Waals surface area contributed by atoms with Crippen LogP contribution in [0, 0.1) is 0 Å². The Morgan fingerprint density at radius 3 is 0.800 bits per heavy atom. The van der Waals surface area contributed by atoms with Crippen LogP contribution in [0.25, 0.3) is 0 Å². The largest absolute Gasteiger partial charge is 2.00 e. The predicted octanol–water partition coefficient (Wildman–Crippen LogP) is -3.93. The molecule has 0 spiro atoms. The van der Waals surface area contributed by atoms with Crippen molar-refractivity contribution in [2.75, 3.05) is 0 Å². The monoisotopic (exact) mass is 125 g/mol. The Bertz CT molecular complexity index is 6.85. The van der Waals surface area contributed by atoms with Gasteiger partial charge in [-0.1, -0.05) is 16.8 Å². The van der Waals surface area contributed by atoms with E-state index in [1.807, 2.05) is 0 Å². The van der Waals surface area contributed by atoms with Crippen molar-refractivity contribution in [2.45, 2.75) is 0 Å². The van der Waals surface area contributed by atoms with Crippen molar-refractivity contribution < 1.29 is 19.5 Å². The van der Waals surface area contributed by atoms with Gasteiger partial charge in [-0.3, -0.25) is 0 Å². The van der Waals surface area contributed by atoms with E-state index in [1.165, 1.54) is 0 Å². The van der Waals surface area contributed by atoms with Crippen molar-refractivity contribution >= 4 is 25.2 Å². The topological polar surface area (TPSA) is 35.0 Å². The van der Waals surface area contributed by atoms with Crippen molar-refractivity contribution in [1.82, 2.24) is 6.15 Å². The van der Waals surface area contributed by atoms with Crippen molar-refractivity contribution in [1.29, 1.82) is 0 Å². The summed E-state index contributed by atoms with van der Waals surface area (Å²) in [5.41, 5.74) is 0. The van der Waals surface area contributed by atoms with E-state index in [0.29, 0.717) is 0 Å². The molecular formula is H14B3NZn. The molecule has 0 amide bonds. The van der Waals surface area contributed by atoms with Gasteiger partial charge in [0.15, 0.2) is 0 Å². The van der Waals surface area contributed by atoms with Gasteiger partial charge >= 0.3 is 19.5 Å². The number of rotatable bonds is 0. The Morgan fingerprint density at radius 1 is 0.800 bits per heavy atom.